The number of ether oxygens (including phenoxy) is 1. The van der Waals surface area contributed by atoms with Gasteiger partial charge in [0.1, 0.15) is 5.75 Å². The minimum atomic E-state index is -1.05. The Hall–Kier alpha value is -5.11. The van der Waals surface area contributed by atoms with Crippen LogP contribution in [0.2, 0.25) is 0 Å². The van der Waals surface area contributed by atoms with Crippen molar-refractivity contribution in [2.75, 3.05) is 11.5 Å². The summed E-state index contributed by atoms with van der Waals surface area (Å²) in [7, 11) is 0. The minimum Gasteiger partial charge on any atom is -0.494 e. The van der Waals surface area contributed by atoms with Crippen LogP contribution < -0.4 is 9.64 Å². The lowest BCUT2D eigenvalue weighted by molar-refractivity contribution is -0.384. The molecule has 2 atom stereocenters. The van der Waals surface area contributed by atoms with E-state index in [0.29, 0.717) is 23.7 Å². The van der Waals surface area contributed by atoms with Crippen molar-refractivity contribution in [3.8, 4) is 5.75 Å². The summed E-state index contributed by atoms with van der Waals surface area (Å²) in [5.41, 5.74) is 3.60. The Morgan fingerprint density at radius 1 is 0.902 bits per heavy atom. The molecule has 8 nitrogen and oxygen atoms in total. The lowest BCUT2D eigenvalue weighted by Crippen LogP contribution is -2.54. The van der Waals surface area contributed by atoms with Gasteiger partial charge in [-0.2, -0.15) is 0 Å². The van der Waals surface area contributed by atoms with E-state index >= 15 is 0 Å². The molecule has 4 aromatic carbocycles. The Balaban J connectivity index is 1.44. The Morgan fingerprint density at radius 2 is 1.56 bits per heavy atom. The lowest BCUT2D eigenvalue weighted by Gasteiger charge is -2.52. The van der Waals surface area contributed by atoms with Gasteiger partial charge >= 0.3 is 0 Å². The van der Waals surface area contributed by atoms with Crippen molar-refractivity contribution in [2.45, 2.75) is 18.3 Å². The standard InChI is InChI=1S/C33H25N3O5/c1-2-41-23-16-14-21(15-17-23)35-31(37)29-28-24-10-3-5-12-26(24)33(30(29)32(35)38,27-13-6-4-11-25(27)28)19-34-20-8-7-9-22(18-20)36(39)40/h3-19,28-30H,2H2,1H3/t28?,29-,30+,33?/m1/s1. The van der Waals surface area contributed by atoms with Crippen LogP contribution in [0.1, 0.15) is 35.1 Å². The van der Waals surface area contributed by atoms with Crippen molar-refractivity contribution in [3.05, 3.63) is 129 Å². The van der Waals surface area contributed by atoms with Crippen molar-refractivity contribution in [1.29, 1.82) is 0 Å². The number of hydrogen-bond donors (Lipinski definition) is 0. The molecule has 0 unspecified atom stereocenters. The summed E-state index contributed by atoms with van der Waals surface area (Å²) in [5.74, 6) is -1.53. The molecule has 0 aromatic heterocycles. The van der Waals surface area contributed by atoms with Gasteiger partial charge in [-0.05, 0) is 59.5 Å². The number of nitrogens with zero attached hydrogens (tertiary/aromatic N) is 3. The van der Waals surface area contributed by atoms with Gasteiger partial charge in [0.15, 0.2) is 0 Å². The number of anilines is 1. The molecule has 4 aromatic rings. The number of amides is 2. The second-order valence-corrected chi connectivity index (χ2v) is 10.5. The highest BCUT2D eigenvalue weighted by atomic mass is 16.6. The minimum absolute atomic E-state index is 0.0722. The van der Waals surface area contributed by atoms with Gasteiger partial charge in [-0.15, -0.1) is 0 Å². The molecule has 1 saturated heterocycles. The summed E-state index contributed by atoms with van der Waals surface area (Å²) < 4.78 is 5.57. The molecule has 4 aliphatic rings. The Labute approximate surface area is 236 Å². The van der Waals surface area contributed by atoms with Crippen molar-refractivity contribution in [1.82, 2.24) is 0 Å². The van der Waals surface area contributed by atoms with Crippen molar-refractivity contribution in [2.24, 2.45) is 16.8 Å². The first-order valence-corrected chi connectivity index (χ1v) is 13.5. The molecule has 8 rings (SSSR count). The first-order valence-electron chi connectivity index (χ1n) is 13.5. The number of aliphatic imine (C=N–C) groups is 1. The summed E-state index contributed by atoms with van der Waals surface area (Å²) in [6.45, 7) is 2.40. The van der Waals surface area contributed by atoms with Gasteiger partial charge in [-0.3, -0.25) is 24.7 Å². The number of benzene rings is 4. The summed E-state index contributed by atoms with van der Waals surface area (Å²) in [4.78, 5) is 45.8. The average molecular weight is 544 g/mol. The Bertz CT molecular complexity index is 1720. The highest BCUT2D eigenvalue weighted by Gasteiger charge is 2.67. The monoisotopic (exact) mass is 543 g/mol. The maximum atomic E-state index is 14.5. The smallest absolute Gasteiger partial charge is 0.271 e. The van der Waals surface area contributed by atoms with Crippen LogP contribution >= 0.6 is 0 Å². The summed E-state index contributed by atoms with van der Waals surface area (Å²) in [5, 5.41) is 11.4. The second-order valence-electron chi connectivity index (χ2n) is 10.5. The zero-order valence-electron chi connectivity index (χ0n) is 22.1. The molecule has 3 aliphatic carbocycles. The molecular formula is C33H25N3O5. The number of rotatable bonds is 6. The van der Waals surface area contributed by atoms with Crippen LogP contribution in [0, 0.1) is 22.0 Å². The van der Waals surface area contributed by atoms with Gasteiger partial charge in [-0.1, -0.05) is 54.6 Å². The van der Waals surface area contributed by atoms with Crippen LogP contribution in [-0.4, -0.2) is 29.6 Å². The van der Waals surface area contributed by atoms with E-state index in [1.165, 1.54) is 17.0 Å². The van der Waals surface area contributed by atoms with E-state index in [1.54, 1.807) is 42.6 Å². The van der Waals surface area contributed by atoms with E-state index in [4.69, 9.17) is 9.73 Å². The molecule has 0 spiro atoms. The maximum absolute atomic E-state index is 14.5. The van der Waals surface area contributed by atoms with Gasteiger partial charge in [0.05, 0.1) is 40.2 Å². The van der Waals surface area contributed by atoms with E-state index in [1.807, 2.05) is 55.5 Å². The van der Waals surface area contributed by atoms with Crippen LogP contribution in [0.25, 0.3) is 0 Å². The fourth-order valence-corrected chi connectivity index (χ4v) is 7.03. The first-order chi connectivity index (χ1) is 20.0. The molecule has 1 heterocycles. The number of hydrogen-bond acceptors (Lipinski definition) is 6. The van der Waals surface area contributed by atoms with Gasteiger partial charge < -0.3 is 4.74 Å². The van der Waals surface area contributed by atoms with Crippen LogP contribution in [0.5, 0.6) is 5.75 Å². The normalized spacial score (nSPS) is 23.8. The molecule has 8 heteroatoms. The number of carbonyl (C=O) groups excluding carboxylic acids is 2. The summed E-state index contributed by atoms with van der Waals surface area (Å²) >= 11 is 0. The fraction of sp³-hybridized carbons (Fsp3) is 0.182. The van der Waals surface area contributed by atoms with E-state index in [9.17, 15) is 19.7 Å². The molecule has 0 N–H and O–H groups in total. The van der Waals surface area contributed by atoms with Crippen molar-refractivity contribution < 1.29 is 19.2 Å². The van der Waals surface area contributed by atoms with Crippen molar-refractivity contribution >= 4 is 35.1 Å². The van der Waals surface area contributed by atoms with Gasteiger partial charge in [-0.25, -0.2) is 4.90 Å². The predicted molar refractivity (Wildman–Crippen MR) is 154 cm³/mol. The number of carbonyl (C=O) groups is 2. The highest BCUT2D eigenvalue weighted by Crippen LogP contribution is 2.63. The number of nitro groups is 1. The van der Waals surface area contributed by atoms with Crippen LogP contribution in [-0.2, 0) is 15.0 Å². The molecule has 0 saturated carbocycles. The van der Waals surface area contributed by atoms with Gasteiger partial charge in [0.2, 0.25) is 11.8 Å². The van der Waals surface area contributed by atoms with Crippen LogP contribution in [0.15, 0.2) is 102 Å². The summed E-state index contributed by atoms with van der Waals surface area (Å²) in [6, 6.07) is 28.9. The van der Waals surface area contributed by atoms with E-state index < -0.39 is 22.2 Å². The number of non-ortho nitro benzene ring substituents is 1. The third kappa shape index (κ3) is 3.50. The third-order valence-electron chi connectivity index (χ3n) is 8.55. The molecule has 1 aliphatic heterocycles. The molecule has 0 radical (unpaired) electrons. The number of imide groups is 1. The Kier molecular flexibility index (Phi) is 5.61. The lowest BCUT2D eigenvalue weighted by atomic mass is 9.47. The summed E-state index contributed by atoms with van der Waals surface area (Å²) in [6.07, 6.45) is 1.74. The highest BCUT2D eigenvalue weighted by molar-refractivity contribution is 6.25. The molecular weight excluding hydrogens is 518 g/mol. The zero-order chi connectivity index (χ0) is 28.3. The average Bonchev–Trinajstić information content (AvgIpc) is 3.27. The maximum Gasteiger partial charge on any atom is 0.271 e. The molecule has 2 bridgehead atoms. The molecule has 2 amide bonds. The first kappa shape index (κ1) is 24.9. The SMILES string of the molecule is CCOc1ccc(N2C(=O)[C@@H]3C4c5ccccc5C(C=Nc5cccc([N+](=O)[O-])c5)(c5ccccc54)[C@@H]3C2=O)cc1. The molecule has 202 valence electrons. The van der Waals surface area contributed by atoms with Gasteiger partial charge in [0.25, 0.3) is 5.69 Å². The quantitative estimate of drug-likeness (QED) is 0.130. The van der Waals surface area contributed by atoms with Crippen LogP contribution in [0.3, 0.4) is 0 Å². The topological polar surface area (TPSA) is 102 Å². The number of nitro benzene ring substituents is 1. The zero-order valence-corrected chi connectivity index (χ0v) is 22.1. The fourth-order valence-electron chi connectivity index (χ4n) is 7.03. The van der Waals surface area contributed by atoms with Gasteiger partial charge in [0, 0.05) is 24.3 Å². The largest absolute Gasteiger partial charge is 0.494 e. The van der Waals surface area contributed by atoms with Crippen LogP contribution in [0.4, 0.5) is 17.1 Å². The second kappa shape index (κ2) is 9.23. The molecule has 41 heavy (non-hydrogen) atoms. The van der Waals surface area contributed by atoms with E-state index in [2.05, 4.69) is 0 Å². The predicted octanol–water partition coefficient (Wildman–Crippen LogP) is 5.95. The van der Waals surface area contributed by atoms with E-state index in [-0.39, 0.29) is 23.4 Å². The third-order valence-corrected chi connectivity index (χ3v) is 8.55. The molecule has 1 fully saturated rings. The van der Waals surface area contributed by atoms with E-state index in [0.717, 1.165) is 22.3 Å². The van der Waals surface area contributed by atoms with Crippen molar-refractivity contribution in [3.63, 3.8) is 0 Å². The Morgan fingerprint density at radius 3 is 2.20 bits per heavy atom.